The van der Waals surface area contributed by atoms with Crippen LogP contribution in [0, 0.1) is 0 Å². The first-order valence-corrected chi connectivity index (χ1v) is 12.1. The lowest BCUT2D eigenvalue weighted by Gasteiger charge is -2.07. The predicted molar refractivity (Wildman–Crippen MR) is 135 cm³/mol. The summed E-state index contributed by atoms with van der Waals surface area (Å²) in [7, 11) is 0. The number of para-hydroxylation sites is 1. The molecule has 2 heterocycles. The van der Waals surface area contributed by atoms with E-state index in [1.807, 2.05) is 60.0 Å². The van der Waals surface area contributed by atoms with Crippen molar-refractivity contribution in [1.29, 1.82) is 0 Å². The Labute approximate surface area is 206 Å². The third-order valence-corrected chi connectivity index (χ3v) is 6.35. The number of ether oxygens (including phenoxy) is 1. The number of carbonyl (C=O) groups excluding carboxylic acids is 4. The second-order valence-electron chi connectivity index (χ2n) is 7.87. The second-order valence-corrected chi connectivity index (χ2v) is 8.82. The lowest BCUT2D eigenvalue weighted by atomic mass is 10.0. The second kappa shape index (κ2) is 11.4. The lowest BCUT2D eigenvalue weighted by Crippen LogP contribution is -2.27. The number of aromatic amines is 1. The molecule has 0 radical (unpaired) electrons. The van der Waals surface area contributed by atoms with Gasteiger partial charge < -0.3 is 15.0 Å². The SMILES string of the molecule is O=C(CCC(=O)c1cccs1)NCCC(=O)OCC(=O)c1c(-c2ccccc2)[nH]c2ccccc12. The van der Waals surface area contributed by atoms with Crippen LogP contribution in [0.4, 0.5) is 0 Å². The van der Waals surface area contributed by atoms with E-state index in [9.17, 15) is 19.2 Å². The number of nitrogens with one attached hydrogen (secondary N) is 2. The third kappa shape index (κ3) is 6.10. The number of carbonyl (C=O) groups is 4. The average molecular weight is 489 g/mol. The highest BCUT2D eigenvalue weighted by Crippen LogP contribution is 2.30. The van der Waals surface area contributed by atoms with E-state index in [0.717, 1.165) is 16.5 Å². The van der Waals surface area contributed by atoms with E-state index < -0.39 is 12.6 Å². The van der Waals surface area contributed by atoms with Gasteiger partial charge >= 0.3 is 5.97 Å². The molecule has 2 aromatic carbocycles. The predicted octanol–water partition coefficient (Wildman–Crippen LogP) is 4.79. The number of thiophene rings is 1. The minimum atomic E-state index is -0.589. The van der Waals surface area contributed by atoms with Gasteiger partial charge in [-0.3, -0.25) is 19.2 Å². The van der Waals surface area contributed by atoms with Crippen molar-refractivity contribution in [2.45, 2.75) is 19.3 Å². The van der Waals surface area contributed by atoms with Crippen molar-refractivity contribution in [3.63, 3.8) is 0 Å². The molecule has 8 heteroatoms. The van der Waals surface area contributed by atoms with Crippen molar-refractivity contribution in [2.24, 2.45) is 0 Å². The van der Waals surface area contributed by atoms with E-state index in [1.54, 1.807) is 12.1 Å². The first-order valence-electron chi connectivity index (χ1n) is 11.2. The quantitative estimate of drug-likeness (QED) is 0.233. The molecule has 2 aromatic heterocycles. The molecule has 2 N–H and O–H groups in total. The lowest BCUT2D eigenvalue weighted by molar-refractivity contribution is -0.142. The Bertz CT molecular complexity index is 1340. The molecular formula is C27H24N2O5S. The minimum Gasteiger partial charge on any atom is -0.457 e. The van der Waals surface area contributed by atoms with E-state index in [4.69, 9.17) is 4.74 Å². The summed E-state index contributed by atoms with van der Waals surface area (Å²) < 4.78 is 5.19. The summed E-state index contributed by atoms with van der Waals surface area (Å²) in [4.78, 5) is 53.0. The molecule has 35 heavy (non-hydrogen) atoms. The Hall–Kier alpha value is -4.04. The minimum absolute atomic E-state index is 0.0487. The molecule has 0 atom stereocenters. The number of H-pyrrole nitrogens is 1. The number of amides is 1. The van der Waals surface area contributed by atoms with Crippen LogP contribution in [0.2, 0.25) is 0 Å². The average Bonchev–Trinajstić information content (AvgIpc) is 3.55. The van der Waals surface area contributed by atoms with Gasteiger partial charge in [0.15, 0.2) is 12.4 Å². The van der Waals surface area contributed by atoms with Gasteiger partial charge in [-0.05, 0) is 23.1 Å². The van der Waals surface area contributed by atoms with Crippen LogP contribution < -0.4 is 5.32 Å². The zero-order valence-electron chi connectivity index (χ0n) is 18.9. The van der Waals surface area contributed by atoms with E-state index in [1.165, 1.54) is 11.3 Å². The molecule has 0 spiro atoms. The smallest absolute Gasteiger partial charge is 0.308 e. The molecule has 178 valence electrons. The van der Waals surface area contributed by atoms with E-state index in [0.29, 0.717) is 16.1 Å². The first-order chi connectivity index (χ1) is 17.0. The molecule has 4 aromatic rings. The molecule has 0 aliphatic rings. The molecule has 0 saturated carbocycles. The number of benzene rings is 2. The summed E-state index contributed by atoms with van der Waals surface area (Å²) in [6.45, 7) is -0.328. The van der Waals surface area contributed by atoms with Crippen LogP contribution in [0.25, 0.3) is 22.2 Å². The van der Waals surface area contributed by atoms with Gasteiger partial charge in [0.05, 0.1) is 22.6 Å². The Kier molecular flexibility index (Phi) is 7.84. The van der Waals surface area contributed by atoms with E-state index >= 15 is 0 Å². The van der Waals surface area contributed by atoms with Crippen molar-refractivity contribution in [3.05, 3.63) is 82.6 Å². The molecular weight excluding hydrogens is 464 g/mol. The number of Topliss-reactive ketones (excluding diaryl/α,β-unsaturated/α-hetero) is 2. The molecule has 1 amide bonds. The maximum absolute atomic E-state index is 13.0. The molecule has 0 aliphatic heterocycles. The zero-order valence-corrected chi connectivity index (χ0v) is 19.7. The first kappa shape index (κ1) is 24.1. The van der Waals surface area contributed by atoms with Crippen LogP contribution in [0.1, 0.15) is 39.3 Å². The monoisotopic (exact) mass is 488 g/mol. The van der Waals surface area contributed by atoms with Gasteiger partial charge in [0.25, 0.3) is 0 Å². The van der Waals surface area contributed by atoms with Crippen LogP contribution in [-0.2, 0) is 14.3 Å². The Morgan fingerprint density at radius 1 is 0.829 bits per heavy atom. The van der Waals surface area contributed by atoms with E-state index in [-0.39, 0.29) is 43.3 Å². The Morgan fingerprint density at radius 3 is 2.37 bits per heavy atom. The van der Waals surface area contributed by atoms with Crippen LogP contribution in [0.3, 0.4) is 0 Å². The number of fused-ring (bicyclic) bond motifs is 1. The van der Waals surface area contributed by atoms with Gasteiger partial charge in [-0.1, -0.05) is 54.6 Å². The van der Waals surface area contributed by atoms with Crippen molar-refractivity contribution < 1.29 is 23.9 Å². The maximum atomic E-state index is 13.0. The molecule has 0 unspecified atom stereocenters. The fraction of sp³-hybridized carbons (Fsp3) is 0.185. The number of rotatable bonds is 11. The fourth-order valence-electron chi connectivity index (χ4n) is 3.72. The largest absolute Gasteiger partial charge is 0.457 e. The standard InChI is InChI=1S/C27H24N2O5S/c30-21(23-11-6-16-35-23)12-13-24(32)28-15-14-25(33)34-17-22(31)26-19-9-4-5-10-20(19)29-27(26)18-7-2-1-3-8-18/h1-11,16,29H,12-15,17H2,(H,28,32). The highest BCUT2D eigenvalue weighted by molar-refractivity contribution is 7.12. The van der Waals surface area contributed by atoms with Gasteiger partial charge in [-0.15, -0.1) is 11.3 Å². The summed E-state index contributed by atoms with van der Waals surface area (Å²) in [6.07, 6.45) is 0.0874. The highest BCUT2D eigenvalue weighted by atomic mass is 32.1. The van der Waals surface area contributed by atoms with Crippen LogP contribution >= 0.6 is 11.3 Å². The van der Waals surface area contributed by atoms with E-state index in [2.05, 4.69) is 10.3 Å². The summed E-state index contributed by atoms with van der Waals surface area (Å²) in [5.74, 6) is -1.30. The number of hydrogen-bond acceptors (Lipinski definition) is 6. The van der Waals surface area contributed by atoms with Crippen molar-refractivity contribution in [3.8, 4) is 11.3 Å². The van der Waals surface area contributed by atoms with Crippen molar-refractivity contribution in [2.75, 3.05) is 13.2 Å². The highest BCUT2D eigenvalue weighted by Gasteiger charge is 2.20. The maximum Gasteiger partial charge on any atom is 0.308 e. The molecule has 7 nitrogen and oxygen atoms in total. The van der Waals surface area contributed by atoms with Gasteiger partial charge in [0.2, 0.25) is 11.7 Å². The molecule has 4 rings (SSSR count). The van der Waals surface area contributed by atoms with Crippen molar-refractivity contribution >= 4 is 45.7 Å². The topological polar surface area (TPSA) is 105 Å². The molecule has 0 fully saturated rings. The Balaban J connectivity index is 1.28. The van der Waals surface area contributed by atoms with Gasteiger partial charge in [-0.2, -0.15) is 0 Å². The number of esters is 1. The van der Waals surface area contributed by atoms with Crippen LogP contribution in [0.15, 0.2) is 72.1 Å². The van der Waals surface area contributed by atoms with Crippen molar-refractivity contribution in [1.82, 2.24) is 10.3 Å². The summed E-state index contributed by atoms with van der Waals surface area (Å²) in [6, 6.07) is 20.5. The summed E-state index contributed by atoms with van der Waals surface area (Å²) in [5.41, 5.74) is 2.83. The summed E-state index contributed by atoms with van der Waals surface area (Å²) >= 11 is 1.34. The Morgan fingerprint density at radius 2 is 1.60 bits per heavy atom. The van der Waals surface area contributed by atoms with Gasteiger partial charge in [-0.25, -0.2) is 0 Å². The summed E-state index contributed by atoms with van der Waals surface area (Å²) in [5, 5.41) is 5.18. The molecule has 0 bridgehead atoms. The van der Waals surface area contributed by atoms with Gasteiger partial charge in [0, 0.05) is 30.3 Å². The van der Waals surface area contributed by atoms with Gasteiger partial charge in [0.1, 0.15) is 0 Å². The number of hydrogen-bond donors (Lipinski definition) is 2. The zero-order chi connectivity index (χ0) is 24.6. The number of aromatic nitrogens is 1. The fourth-order valence-corrected chi connectivity index (χ4v) is 4.42. The van der Waals surface area contributed by atoms with Crippen LogP contribution in [-0.4, -0.2) is 41.6 Å². The number of ketones is 2. The third-order valence-electron chi connectivity index (χ3n) is 5.44. The molecule has 0 saturated heterocycles. The molecule has 0 aliphatic carbocycles. The normalized spacial score (nSPS) is 10.7. The van der Waals surface area contributed by atoms with Crippen LogP contribution in [0.5, 0.6) is 0 Å².